The van der Waals surface area contributed by atoms with Crippen LogP contribution in [0.4, 0.5) is 33.7 Å². The first-order valence-corrected chi connectivity index (χ1v) is 11.3. The summed E-state index contributed by atoms with van der Waals surface area (Å²) in [5.41, 5.74) is 1.26. The zero-order valence-electron chi connectivity index (χ0n) is 18.2. The van der Waals surface area contributed by atoms with E-state index < -0.39 is 24.4 Å². The van der Waals surface area contributed by atoms with Crippen molar-refractivity contribution >= 4 is 23.4 Å². The molecule has 1 spiro atoms. The van der Waals surface area contributed by atoms with Crippen LogP contribution in [-0.2, 0) is 13.1 Å². The Morgan fingerprint density at radius 2 is 1.71 bits per heavy atom. The Morgan fingerprint density at radius 3 is 2.43 bits per heavy atom. The van der Waals surface area contributed by atoms with Crippen molar-refractivity contribution in [1.82, 2.24) is 24.6 Å². The molecule has 0 unspecified atom stereocenters. The number of pyridine rings is 1. The maximum atomic E-state index is 14.1. The molecule has 2 aromatic heterocycles. The smallest absolute Gasteiger partial charge is 0.353 e. The second kappa shape index (κ2) is 7.76. The van der Waals surface area contributed by atoms with Crippen molar-refractivity contribution in [3.05, 3.63) is 58.5 Å². The van der Waals surface area contributed by atoms with Crippen LogP contribution < -0.4 is 9.80 Å². The molecule has 2 fully saturated rings. The van der Waals surface area contributed by atoms with Gasteiger partial charge in [-0.05, 0) is 23.8 Å². The van der Waals surface area contributed by atoms with E-state index in [1.54, 1.807) is 27.7 Å². The molecule has 0 atom stereocenters. The van der Waals surface area contributed by atoms with E-state index in [0.717, 1.165) is 12.3 Å². The van der Waals surface area contributed by atoms with Crippen LogP contribution in [-0.4, -0.2) is 63.5 Å². The summed E-state index contributed by atoms with van der Waals surface area (Å²) in [6.07, 6.45) is -3.36. The molecule has 3 aliphatic rings. The van der Waals surface area contributed by atoms with Gasteiger partial charge in [-0.3, -0.25) is 9.47 Å². The fraction of sp³-hybridized carbons (Fsp3) is 0.409. The first-order chi connectivity index (χ1) is 16.6. The van der Waals surface area contributed by atoms with E-state index in [2.05, 4.69) is 15.2 Å². The molecular formula is C22H19ClF5N7. The summed E-state index contributed by atoms with van der Waals surface area (Å²) in [4.78, 5) is 8.92. The van der Waals surface area contributed by atoms with Crippen LogP contribution in [0.1, 0.15) is 11.4 Å². The molecule has 6 rings (SSSR count). The molecule has 7 nitrogen and oxygen atoms in total. The fourth-order valence-electron chi connectivity index (χ4n) is 5.28. The average molecular weight is 512 g/mol. The highest BCUT2D eigenvalue weighted by molar-refractivity contribution is 6.30. The Morgan fingerprint density at radius 1 is 0.971 bits per heavy atom. The molecule has 3 aromatic rings. The van der Waals surface area contributed by atoms with Crippen molar-refractivity contribution < 1.29 is 22.0 Å². The maximum Gasteiger partial charge on any atom is 0.401 e. The van der Waals surface area contributed by atoms with Crippen LogP contribution in [0.25, 0.3) is 5.69 Å². The van der Waals surface area contributed by atoms with Gasteiger partial charge in [0.25, 0.3) is 0 Å². The SMILES string of the molecule is Fc1cnc(N2CC3(C2)CN(c2nnc4n2-c2ccc(Cl)cc2CN(CC(F)(F)F)C4)C3)c(F)c1. The fourth-order valence-corrected chi connectivity index (χ4v) is 5.47. The van der Waals surface area contributed by atoms with Gasteiger partial charge in [-0.25, -0.2) is 13.8 Å². The maximum absolute atomic E-state index is 14.1. The molecule has 35 heavy (non-hydrogen) atoms. The molecule has 0 N–H and O–H groups in total. The van der Waals surface area contributed by atoms with Gasteiger partial charge in [0.2, 0.25) is 5.95 Å². The average Bonchev–Trinajstić information content (AvgIpc) is 3.02. The third-order valence-corrected chi connectivity index (χ3v) is 6.87. The number of rotatable bonds is 3. The Hall–Kier alpha value is -2.99. The van der Waals surface area contributed by atoms with Gasteiger partial charge in [-0.2, -0.15) is 13.2 Å². The zero-order valence-corrected chi connectivity index (χ0v) is 19.0. The van der Waals surface area contributed by atoms with Crippen molar-refractivity contribution in [2.45, 2.75) is 19.3 Å². The van der Waals surface area contributed by atoms with E-state index in [-0.39, 0.29) is 24.3 Å². The van der Waals surface area contributed by atoms with Gasteiger partial charge < -0.3 is 9.80 Å². The molecule has 0 radical (unpaired) electrons. The van der Waals surface area contributed by atoms with Crippen molar-refractivity contribution in [3.63, 3.8) is 0 Å². The molecule has 1 aromatic carbocycles. The number of hydrogen-bond donors (Lipinski definition) is 0. The molecule has 3 aliphatic heterocycles. The molecule has 0 saturated carbocycles. The number of aromatic nitrogens is 4. The number of nitrogens with zero attached hydrogens (tertiary/aromatic N) is 7. The highest BCUT2D eigenvalue weighted by Crippen LogP contribution is 2.44. The third-order valence-electron chi connectivity index (χ3n) is 6.63. The molecule has 184 valence electrons. The number of halogens is 6. The van der Waals surface area contributed by atoms with Crippen LogP contribution in [0.5, 0.6) is 0 Å². The molecule has 0 amide bonds. The number of anilines is 2. The number of hydrogen-bond acceptors (Lipinski definition) is 6. The molecular weight excluding hydrogens is 493 g/mol. The van der Waals surface area contributed by atoms with E-state index in [9.17, 15) is 22.0 Å². The molecule has 13 heteroatoms. The van der Waals surface area contributed by atoms with E-state index in [1.165, 1.54) is 4.90 Å². The van der Waals surface area contributed by atoms with Gasteiger partial charge in [-0.1, -0.05) is 11.6 Å². The lowest BCUT2D eigenvalue weighted by Gasteiger charge is -2.60. The minimum atomic E-state index is -4.35. The second-order valence-corrected chi connectivity index (χ2v) is 9.89. The number of benzene rings is 1. The third kappa shape index (κ3) is 3.98. The standard InChI is InChI=1S/C22H19ClF5N7/c23-14-1-2-17-13(3-14)6-32(12-22(26,27)28)7-18-30-31-20(35(17)18)34-10-21(11-34)8-33(9-21)19-16(25)4-15(24)5-29-19/h1-5H,6-12H2. The van der Waals surface area contributed by atoms with E-state index in [1.807, 2.05) is 4.90 Å². The first-order valence-electron chi connectivity index (χ1n) is 10.9. The lowest BCUT2D eigenvalue weighted by molar-refractivity contribution is -0.148. The highest BCUT2D eigenvalue weighted by atomic mass is 35.5. The predicted octanol–water partition coefficient (Wildman–Crippen LogP) is 3.80. The second-order valence-electron chi connectivity index (χ2n) is 9.46. The number of alkyl halides is 3. The van der Waals surface area contributed by atoms with Gasteiger partial charge in [0.15, 0.2) is 17.5 Å². The molecule has 0 aliphatic carbocycles. The summed E-state index contributed by atoms with van der Waals surface area (Å²) >= 11 is 6.15. The van der Waals surface area contributed by atoms with Gasteiger partial charge in [0.1, 0.15) is 5.82 Å². The quantitative estimate of drug-likeness (QED) is 0.499. The first kappa shape index (κ1) is 22.5. The van der Waals surface area contributed by atoms with Crippen LogP contribution in [0.15, 0.2) is 30.5 Å². The van der Waals surface area contributed by atoms with Crippen LogP contribution in [0, 0.1) is 17.0 Å². The normalized spacial score (nSPS) is 19.1. The Labute approximate surface area is 201 Å². The molecule has 2 saturated heterocycles. The lowest BCUT2D eigenvalue weighted by Crippen LogP contribution is -2.73. The highest BCUT2D eigenvalue weighted by Gasteiger charge is 2.54. The Balaban J connectivity index is 1.24. The van der Waals surface area contributed by atoms with Gasteiger partial charge >= 0.3 is 6.18 Å². The molecule has 5 heterocycles. The minimum absolute atomic E-state index is 0.0128. The minimum Gasteiger partial charge on any atom is -0.353 e. The van der Waals surface area contributed by atoms with Crippen molar-refractivity contribution in [2.24, 2.45) is 5.41 Å². The largest absolute Gasteiger partial charge is 0.401 e. The van der Waals surface area contributed by atoms with Gasteiger partial charge in [0.05, 0.1) is 25.0 Å². The summed E-state index contributed by atoms with van der Waals surface area (Å²) in [6, 6.07) is 5.95. The summed E-state index contributed by atoms with van der Waals surface area (Å²) in [6.45, 7) is 1.36. The van der Waals surface area contributed by atoms with Gasteiger partial charge in [0, 0.05) is 49.2 Å². The zero-order chi connectivity index (χ0) is 24.5. The number of fused-ring (bicyclic) bond motifs is 3. The van der Waals surface area contributed by atoms with E-state index >= 15 is 0 Å². The van der Waals surface area contributed by atoms with E-state index in [0.29, 0.717) is 54.2 Å². The Kier molecular flexibility index (Phi) is 4.98. The summed E-state index contributed by atoms with van der Waals surface area (Å²) in [5, 5.41) is 8.97. The van der Waals surface area contributed by atoms with Crippen molar-refractivity contribution in [2.75, 3.05) is 42.5 Å². The van der Waals surface area contributed by atoms with Crippen LogP contribution in [0.2, 0.25) is 5.02 Å². The van der Waals surface area contributed by atoms with Gasteiger partial charge in [-0.15, -0.1) is 10.2 Å². The van der Waals surface area contributed by atoms with Crippen LogP contribution >= 0.6 is 11.6 Å². The monoisotopic (exact) mass is 511 g/mol. The van der Waals surface area contributed by atoms with Crippen LogP contribution in [0.3, 0.4) is 0 Å². The topological polar surface area (TPSA) is 53.3 Å². The van der Waals surface area contributed by atoms with Crippen molar-refractivity contribution in [1.29, 1.82) is 0 Å². The molecule has 0 bridgehead atoms. The lowest BCUT2D eigenvalue weighted by atomic mass is 9.73. The Bertz CT molecular complexity index is 1300. The predicted molar refractivity (Wildman–Crippen MR) is 118 cm³/mol. The summed E-state index contributed by atoms with van der Waals surface area (Å²) < 4.78 is 68.5. The van der Waals surface area contributed by atoms with Crippen molar-refractivity contribution in [3.8, 4) is 5.69 Å². The van der Waals surface area contributed by atoms with E-state index in [4.69, 9.17) is 11.6 Å². The summed E-state index contributed by atoms with van der Waals surface area (Å²) in [5.74, 6) is -0.328. The summed E-state index contributed by atoms with van der Waals surface area (Å²) in [7, 11) is 0.